The maximum atomic E-state index is 12.2. The molecule has 0 radical (unpaired) electrons. The molecule has 1 fully saturated rings. The Hall–Kier alpha value is -3.67. The molecule has 1 aliphatic carbocycles. The Bertz CT molecular complexity index is 1370. The van der Waals surface area contributed by atoms with Gasteiger partial charge in [-0.1, -0.05) is 17.7 Å². The molecule has 1 aromatic heterocycles. The molecule has 32 heavy (non-hydrogen) atoms. The number of rotatable bonds is 6. The molecule has 2 aromatic carbocycles. The summed E-state index contributed by atoms with van der Waals surface area (Å²) in [6, 6.07) is 10.8. The molecule has 1 saturated carbocycles. The Morgan fingerprint density at radius 3 is 2.78 bits per heavy atom. The first-order valence-electron chi connectivity index (χ1n) is 10.0. The number of nitrogens with one attached hydrogen (secondary N) is 1. The number of ether oxygens (including phenoxy) is 1. The number of benzene rings is 2. The smallest absolute Gasteiger partial charge is 0.272 e. The predicted octanol–water partition coefficient (Wildman–Crippen LogP) is 2.87. The molecule has 5 N–H and O–H groups in total. The zero-order valence-electron chi connectivity index (χ0n) is 17.4. The highest BCUT2D eigenvalue weighted by Gasteiger charge is 2.27. The molecule has 0 amide bonds. The molecule has 1 aliphatic rings. The van der Waals surface area contributed by atoms with Gasteiger partial charge in [-0.3, -0.25) is 9.79 Å². The van der Waals surface area contributed by atoms with Crippen LogP contribution in [0.15, 0.2) is 46.3 Å². The average Bonchev–Trinajstić information content (AvgIpc) is 3.61. The molecule has 0 spiro atoms. The highest BCUT2D eigenvalue weighted by atomic mass is 35.5. The van der Waals surface area contributed by atoms with Crippen molar-refractivity contribution in [3.63, 3.8) is 0 Å². The number of fused-ring (bicyclic) bond motifs is 1. The number of hydrogen-bond acceptors (Lipinski definition) is 7. The van der Waals surface area contributed by atoms with Gasteiger partial charge in [-0.25, -0.2) is 5.10 Å². The van der Waals surface area contributed by atoms with Crippen molar-refractivity contribution in [1.82, 2.24) is 10.2 Å². The van der Waals surface area contributed by atoms with Crippen LogP contribution >= 0.6 is 11.6 Å². The zero-order valence-corrected chi connectivity index (χ0v) is 18.1. The van der Waals surface area contributed by atoms with Crippen molar-refractivity contribution >= 4 is 33.7 Å². The number of aromatic amines is 1. The molecule has 0 aliphatic heterocycles. The van der Waals surface area contributed by atoms with Crippen LogP contribution < -0.4 is 21.8 Å². The number of aromatic nitrogens is 2. The molecule has 0 bridgehead atoms. The third-order valence-corrected chi connectivity index (χ3v) is 5.49. The Balaban J connectivity index is 1.87. The molecule has 0 atom stereocenters. The van der Waals surface area contributed by atoms with E-state index in [2.05, 4.69) is 21.3 Å². The molecule has 9 heteroatoms. The summed E-state index contributed by atoms with van der Waals surface area (Å²) in [5.74, 6) is 0.426. The summed E-state index contributed by atoms with van der Waals surface area (Å²) in [6.07, 6.45) is 3.41. The van der Waals surface area contributed by atoms with E-state index in [0.717, 1.165) is 12.8 Å². The Labute approximate surface area is 189 Å². The van der Waals surface area contributed by atoms with Crippen molar-refractivity contribution in [2.24, 2.45) is 16.5 Å². The minimum Gasteiger partial charge on any atom is -0.489 e. The number of aliphatic imine (C=N–C) groups is 1. The van der Waals surface area contributed by atoms with Crippen molar-refractivity contribution in [3.8, 4) is 11.8 Å². The summed E-state index contributed by atoms with van der Waals surface area (Å²) in [4.78, 5) is 16.6. The lowest BCUT2D eigenvalue weighted by molar-refractivity contribution is 0.302. The summed E-state index contributed by atoms with van der Waals surface area (Å²) in [5, 5.41) is 17.9. The maximum Gasteiger partial charge on any atom is 0.272 e. The first-order chi connectivity index (χ1) is 15.5. The van der Waals surface area contributed by atoms with Crippen LogP contribution in [0.3, 0.4) is 0 Å². The second-order valence-electron chi connectivity index (χ2n) is 7.37. The summed E-state index contributed by atoms with van der Waals surface area (Å²) < 4.78 is 5.91. The molecule has 1 heterocycles. The van der Waals surface area contributed by atoms with E-state index >= 15 is 0 Å². The van der Waals surface area contributed by atoms with Gasteiger partial charge in [0.25, 0.3) is 5.56 Å². The fourth-order valence-electron chi connectivity index (χ4n) is 3.58. The third kappa shape index (κ3) is 3.96. The van der Waals surface area contributed by atoms with Crippen LogP contribution in [0.5, 0.6) is 5.75 Å². The lowest BCUT2D eigenvalue weighted by Crippen LogP contribution is -2.14. The van der Waals surface area contributed by atoms with E-state index < -0.39 is 0 Å². The van der Waals surface area contributed by atoms with E-state index in [1.165, 1.54) is 6.20 Å². The third-order valence-electron chi connectivity index (χ3n) is 5.27. The summed E-state index contributed by atoms with van der Waals surface area (Å²) in [6.45, 7) is 0.155. The number of nitrogens with two attached hydrogens (primary N) is 2. The second-order valence-corrected chi connectivity index (χ2v) is 7.81. The van der Waals surface area contributed by atoms with Gasteiger partial charge >= 0.3 is 0 Å². The summed E-state index contributed by atoms with van der Waals surface area (Å²) in [5.41, 5.74) is 14.6. The fraction of sp³-hybridized carbons (Fsp3) is 0.217. The number of nitrogens with zero attached hydrogens (tertiary/aromatic N) is 3. The Kier molecular flexibility index (Phi) is 5.95. The molecular formula is C23H21ClN6O2. The molecule has 8 nitrogen and oxygen atoms in total. The van der Waals surface area contributed by atoms with Crippen molar-refractivity contribution in [2.75, 3.05) is 7.05 Å². The number of hydrogen-bond donors (Lipinski definition) is 3. The van der Waals surface area contributed by atoms with Crippen molar-refractivity contribution < 1.29 is 4.74 Å². The fourth-order valence-corrected chi connectivity index (χ4v) is 3.79. The monoisotopic (exact) mass is 448 g/mol. The van der Waals surface area contributed by atoms with Crippen LogP contribution in [-0.2, 0) is 6.54 Å². The number of H-pyrrole nitrogens is 1. The second kappa shape index (κ2) is 8.83. The standard InChI is InChI=1S/C23H21ClN6O2/c1-28-22(17-7-13(24)8-21(19(17)10-26)32-14-3-4-14)18(9-25)12-2-5-15-16(6-12)20(11-27)29-30-23(15)31/h2,5-9,14H,3-4,11,25,27H2,1H3,(H,30,31). The molecule has 4 rings (SSSR count). The molecule has 3 aromatic rings. The Morgan fingerprint density at radius 2 is 2.16 bits per heavy atom. The van der Waals surface area contributed by atoms with Crippen LogP contribution in [0.4, 0.5) is 0 Å². The van der Waals surface area contributed by atoms with Gasteiger partial charge in [0.15, 0.2) is 0 Å². The first-order valence-corrected chi connectivity index (χ1v) is 10.4. The maximum absolute atomic E-state index is 12.2. The van der Waals surface area contributed by atoms with Crippen LogP contribution in [0.1, 0.15) is 35.2 Å². The van der Waals surface area contributed by atoms with Crippen molar-refractivity contribution in [3.05, 3.63) is 74.3 Å². The van der Waals surface area contributed by atoms with Crippen LogP contribution in [0.2, 0.25) is 5.02 Å². The van der Waals surface area contributed by atoms with E-state index in [4.69, 9.17) is 27.8 Å². The molecule has 162 valence electrons. The number of nitriles is 1. The van der Waals surface area contributed by atoms with Gasteiger partial charge in [-0.15, -0.1) is 0 Å². The number of allylic oxidation sites excluding steroid dienone is 1. The van der Waals surface area contributed by atoms with Gasteiger partial charge in [0.05, 0.1) is 22.9 Å². The number of halogens is 1. The van der Waals surface area contributed by atoms with E-state index in [1.54, 1.807) is 37.4 Å². The average molecular weight is 449 g/mol. The van der Waals surface area contributed by atoms with Gasteiger partial charge < -0.3 is 16.2 Å². The van der Waals surface area contributed by atoms with Crippen molar-refractivity contribution in [2.45, 2.75) is 25.5 Å². The van der Waals surface area contributed by atoms with E-state index in [0.29, 0.717) is 55.2 Å². The van der Waals surface area contributed by atoms with E-state index in [-0.39, 0.29) is 18.2 Å². The Morgan fingerprint density at radius 1 is 1.38 bits per heavy atom. The highest BCUT2D eigenvalue weighted by molar-refractivity contribution is 6.35. The minimum atomic E-state index is -0.310. The lowest BCUT2D eigenvalue weighted by Gasteiger charge is -2.16. The topological polar surface area (TPSA) is 143 Å². The van der Waals surface area contributed by atoms with Gasteiger partial charge in [-0.2, -0.15) is 10.4 Å². The predicted molar refractivity (Wildman–Crippen MR) is 125 cm³/mol. The van der Waals surface area contributed by atoms with Gasteiger partial charge in [0, 0.05) is 47.4 Å². The van der Waals surface area contributed by atoms with E-state index in [9.17, 15) is 10.1 Å². The molecule has 0 unspecified atom stereocenters. The molecular weight excluding hydrogens is 428 g/mol. The van der Waals surface area contributed by atoms with Crippen LogP contribution in [-0.4, -0.2) is 29.1 Å². The quantitative estimate of drug-likeness (QED) is 0.494. The SMILES string of the molecule is CN=C(C(=CN)c1ccc2c(=O)[nH]nc(CN)c2c1)c1cc(Cl)cc(OC2CC2)c1C#N. The van der Waals surface area contributed by atoms with Crippen molar-refractivity contribution in [1.29, 1.82) is 5.26 Å². The van der Waals surface area contributed by atoms with E-state index in [1.807, 2.05) is 0 Å². The summed E-state index contributed by atoms with van der Waals surface area (Å²) in [7, 11) is 1.61. The first kappa shape index (κ1) is 21.6. The summed E-state index contributed by atoms with van der Waals surface area (Å²) >= 11 is 6.36. The van der Waals surface area contributed by atoms with Gasteiger partial charge in [0.1, 0.15) is 17.4 Å². The molecule has 0 saturated heterocycles. The largest absolute Gasteiger partial charge is 0.489 e. The van der Waals surface area contributed by atoms with Gasteiger partial charge in [0.2, 0.25) is 0 Å². The normalized spacial score (nSPS) is 14.4. The highest BCUT2D eigenvalue weighted by Crippen LogP contribution is 2.35. The van der Waals surface area contributed by atoms with Crippen LogP contribution in [0.25, 0.3) is 16.3 Å². The van der Waals surface area contributed by atoms with Gasteiger partial charge in [-0.05, 0) is 36.6 Å². The zero-order chi connectivity index (χ0) is 22.8. The van der Waals surface area contributed by atoms with Crippen LogP contribution in [0, 0.1) is 11.3 Å². The minimum absolute atomic E-state index is 0.0979. The lowest BCUT2D eigenvalue weighted by atomic mass is 9.92.